The number of carbonyl (C=O) groups excluding carboxylic acids is 2. The standard InChI is InChI=1S/C35H36Cl2F3N5O6/c1-33(2,3)51-32(48)44-17-27(35(38,39)40)50-18-26(44)21-6-10-24(11-7-21)45-28(37)16-25-29(45)41-20-43(31(25)47)19-34(49)12-14-42(15-13-34)30(46)22-4-8-23(36)9-5-22/h4-11,16,20,26-27,49H,12-15,17-19H2,1-3H3/t26-,27+/m0/s1. The molecule has 272 valence electrons. The van der Waals surface area contributed by atoms with Crippen LogP contribution in [0.4, 0.5) is 18.0 Å². The number of likely N-dealkylation sites (tertiary alicyclic amines) is 1. The van der Waals surface area contributed by atoms with Crippen LogP contribution in [-0.2, 0) is 16.0 Å². The highest BCUT2D eigenvalue weighted by atomic mass is 35.5. The molecule has 4 heterocycles. The van der Waals surface area contributed by atoms with Gasteiger partial charge in [0.1, 0.15) is 17.1 Å². The van der Waals surface area contributed by atoms with Gasteiger partial charge < -0.3 is 19.5 Å². The highest BCUT2D eigenvalue weighted by molar-refractivity contribution is 6.31. The Morgan fingerprint density at radius 3 is 2.29 bits per heavy atom. The van der Waals surface area contributed by atoms with Crippen molar-refractivity contribution in [3.05, 3.63) is 92.6 Å². The molecule has 0 aliphatic carbocycles. The van der Waals surface area contributed by atoms with Crippen LogP contribution in [0.2, 0.25) is 10.2 Å². The molecule has 4 aromatic rings. The van der Waals surface area contributed by atoms with Crippen LogP contribution in [0.3, 0.4) is 0 Å². The van der Waals surface area contributed by atoms with Crippen LogP contribution in [0.15, 0.2) is 65.7 Å². The Morgan fingerprint density at radius 1 is 1.04 bits per heavy atom. The molecule has 11 nitrogen and oxygen atoms in total. The second kappa shape index (κ2) is 13.8. The quantitative estimate of drug-likeness (QED) is 0.251. The second-order valence-electron chi connectivity index (χ2n) is 13.8. The Bertz CT molecular complexity index is 1980. The topological polar surface area (TPSA) is 119 Å². The van der Waals surface area contributed by atoms with Gasteiger partial charge in [-0.2, -0.15) is 13.2 Å². The molecule has 2 aliphatic rings. The van der Waals surface area contributed by atoms with Crippen molar-refractivity contribution in [1.29, 1.82) is 0 Å². The van der Waals surface area contributed by atoms with Crippen molar-refractivity contribution in [2.45, 2.75) is 69.7 Å². The number of alkyl halides is 3. The van der Waals surface area contributed by atoms with E-state index in [2.05, 4.69) is 4.98 Å². The summed E-state index contributed by atoms with van der Waals surface area (Å²) >= 11 is 12.5. The number of fused-ring (bicyclic) bond motifs is 1. The summed E-state index contributed by atoms with van der Waals surface area (Å²) in [7, 11) is 0. The van der Waals surface area contributed by atoms with Crippen LogP contribution in [0, 0.1) is 0 Å². The molecule has 16 heteroatoms. The number of halogens is 5. The van der Waals surface area contributed by atoms with Crippen molar-refractivity contribution in [3.63, 3.8) is 0 Å². The van der Waals surface area contributed by atoms with Crippen molar-refractivity contribution in [3.8, 4) is 5.69 Å². The predicted molar refractivity (Wildman–Crippen MR) is 183 cm³/mol. The number of rotatable bonds is 5. The minimum absolute atomic E-state index is 0.0396. The molecule has 2 aliphatic heterocycles. The molecule has 2 atom stereocenters. The van der Waals surface area contributed by atoms with Gasteiger partial charge in [-0.15, -0.1) is 0 Å². The minimum atomic E-state index is -4.67. The minimum Gasteiger partial charge on any atom is -0.444 e. The van der Waals surface area contributed by atoms with Gasteiger partial charge in [-0.05, 0) is 81.6 Å². The van der Waals surface area contributed by atoms with E-state index in [9.17, 15) is 32.7 Å². The summed E-state index contributed by atoms with van der Waals surface area (Å²) in [6, 6.07) is 13.8. The van der Waals surface area contributed by atoms with Gasteiger partial charge in [0.25, 0.3) is 11.5 Å². The predicted octanol–water partition coefficient (Wildman–Crippen LogP) is 6.40. The molecule has 0 bridgehead atoms. The normalized spacial score (nSPS) is 19.7. The lowest BCUT2D eigenvalue weighted by Crippen LogP contribution is -2.53. The van der Waals surface area contributed by atoms with E-state index >= 15 is 0 Å². The number of aliphatic hydroxyl groups is 1. The summed E-state index contributed by atoms with van der Waals surface area (Å²) < 4.78 is 54.0. The van der Waals surface area contributed by atoms with Crippen LogP contribution in [0.25, 0.3) is 16.7 Å². The summed E-state index contributed by atoms with van der Waals surface area (Å²) in [5.74, 6) is -0.166. The average Bonchev–Trinajstić information content (AvgIpc) is 3.41. The molecular formula is C35H36Cl2F3N5O6. The zero-order valence-electron chi connectivity index (χ0n) is 28.0. The summed E-state index contributed by atoms with van der Waals surface area (Å²) in [6.07, 6.45) is -5.88. The van der Waals surface area contributed by atoms with E-state index in [1.807, 2.05) is 0 Å². The Hall–Kier alpha value is -4.11. The zero-order chi connectivity index (χ0) is 36.9. The molecule has 0 saturated carbocycles. The van der Waals surface area contributed by atoms with E-state index < -0.39 is 54.3 Å². The molecule has 0 unspecified atom stereocenters. The molecular weight excluding hydrogens is 714 g/mol. The molecule has 2 fully saturated rings. The fourth-order valence-corrected chi connectivity index (χ4v) is 6.73. The first-order valence-electron chi connectivity index (χ1n) is 16.2. The van der Waals surface area contributed by atoms with Crippen LogP contribution < -0.4 is 5.56 Å². The third-order valence-electron chi connectivity index (χ3n) is 9.00. The van der Waals surface area contributed by atoms with E-state index in [1.54, 1.807) is 78.8 Å². The van der Waals surface area contributed by atoms with Gasteiger partial charge in [-0.1, -0.05) is 35.3 Å². The van der Waals surface area contributed by atoms with E-state index in [-0.39, 0.29) is 41.5 Å². The molecule has 0 radical (unpaired) electrons. The summed E-state index contributed by atoms with van der Waals surface area (Å²) in [5.41, 5.74) is -0.837. The number of nitrogens with zero attached hydrogens (tertiary/aromatic N) is 5. The summed E-state index contributed by atoms with van der Waals surface area (Å²) in [5, 5.41) is 12.3. The molecule has 2 saturated heterocycles. The number of piperidine rings is 1. The monoisotopic (exact) mass is 749 g/mol. The molecule has 2 amide bonds. The maximum atomic E-state index is 13.6. The van der Waals surface area contributed by atoms with E-state index in [0.29, 0.717) is 34.9 Å². The van der Waals surface area contributed by atoms with Crippen LogP contribution >= 0.6 is 23.2 Å². The fraction of sp³-hybridized carbons (Fsp3) is 0.429. The Morgan fingerprint density at radius 2 is 1.69 bits per heavy atom. The van der Waals surface area contributed by atoms with Crippen LogP contribution in [0.1, 0.15) is 55.6 Å². The molecule has 51 heavy (non-hydrogen) atoms. The van der Waals surface area contributed by atoms with Crippen molar-refractivity contribution < 1.29 is 37.3 Å². The van der Waals surface area contributed by atoms with Gasteiger partial charge in [-0.25, -0.2) is 9.78 Å². The van der Waals surface area contributed by atoms with E-state index in [1.165, 1.54) is 17.0 Å². The first-order valence-corrected chi connectivity index (χ1v) is 17.0. The van der Waals surface area contributed by atoms with Gasteiger partial charge in [-0.3, -0.25) is 23.6 Å². The Balaban J connectivity index is 1.19. The number of amides is 2. The van der Waals surface area contributed by atoms with Crippen LogP contribution in [0.5, 0.6) is 0 Å². The number of benzene rings is 2. The number of aromatic nitrogens is 3. The first-order chi connectivity index (χ1) is 23.9. The van der Waals surface area contributed by atoms with Crippen molar-refractivity contribution >= 4 is 46.2 Å². The van der Waals surface area contributed by atoms with Gasteiger partial charge in [0, 0.05) is 29.4 Å². The number of carbonyl (C=O) groups is 2. The highest BCUT2D eigenvalue weighted by Crippen LogP contribution is 2.35. The lowest BCUT2D eigenvalue weighted by molar-refractivity contribution is -0.242. The third-order valence-corrected chi connectivity index (χ3v) is 9.53. The van der Waals surface area contributed by atoms with E-state index in [4.69, 9.17) is 32.7 Å². The Kier molecular flexibility index (Phi) is 9.92. The highest BCUT2D eigenvalue weighted by Gasteiger charge is 2.48. The molecule has 2 aromatic carbocycles. The first kappa shape index (κ1) is 36.7. The molecule has 1 N–H and O–H groups in total. The second-order valence-corrected chi connectivity index (χ2v) is 14.7. The molecule has 6 rings (SSSR count). The SMILES string of the molecule is CC(C)(C)OC(=O)N1C[C@H](C(F)(F)F)OC[C@H]1c1ccc(-n2c(Cl)cc3c(=O)n(CC4(O)CCN(C(=O)c5ccc(Cl)cc5)CC4)cnc32)cc1. The number of morpholine rings is 1. The largest absolute Gasteiger partial charge is 0.444 e. The summed E-state index contributed by atoms with van der Waals surface area (Å²) in [6.45, 7) is 4.31. The smallest absolute Gasteiger partial charge is 0.416 e. The van der Waals surface area contributed by atoms with Crippen molar-refractivity contribution in [2.24, 2.45) is 0 Å². The van der Waals surface area contributed by atoms with Gasteiger partial charge in [0.15, 0.2) is 11.8 Å². The third kappa shape index (κ3) is 7.88. The van der Waals surface area contributed by atoms with Crippen molar-refractivity contribution in [1.82, 2.24) is 23.9 Å². The fourth-order valence-electron chi connectivity index (χ4n) is 6.32. The van der Waals surface area contributed by atoms with Crippen LogP contribution in [-0.4, -0.2) is 90.7 Å². The lowest BCUT2D eigenvalue weighted by Gasteiger charge is -2.40. The van der Waals surface area contributed by atoms with Gasteiger partial charge in [0.05, 0.1) is 36.7 Å². The molecule has 2 aromatic heterocycles. The maximum Gasteiger partial charge on any atom is 0.416 e. The van der Waals surface area contributed by atoms with Crippen molar-refractivity contribution in [2.75, 3.05) is 26.2 Å². The number of hydrogen-bond donors (Lipinski definition) is 1. The maximum absolute atomic E-state index is 13.6. The average molecular weight is 751 g/mol. The lowest BCUT2D eigenvalue weighted by atomic mass is 9.91. The summed E-state index contributed by atoms with van der Waals surface area (Å²) in [4.78, 5) is 46.7. The number of hydrogen-bond acceptors (Lipinski definition) is 7. The zero-order valence-corrected chi connectivity index (χ0v) is 29.5. The number of ether oxygens (including phenoxy) is 2. The molecule has 0 spiro atoms. The van der Waals surface area contributed by atoms with Gasteiger partial charge in [0.2, 0.25) is 0 Å². The Labute approximate surface area is 301 Å². The van der Waals surface area contributed by atoms with Gasteiger partial charge >= 0.3 is 12.3 Å². The van der Waals surface area contributed by atoms with E-state index in [0.717, 1.165) is 4.90 Å².